The van der Waals surface area contributed by atoms with Gasteiger partial charge in [0.25, 0.3) is 0 Å². The normalized spacial score (nSPS) is 23.1. The number of rotatable bonds is 5. The number of guanidine groups is 1. The van der Waals surface area contributed by atoms with Crippen molar-refractivity contribution in [3.05, 3.63) is 0 Å². The Kier molecular flexibility index (Phi) is 6.29. The average Bonchev–Trinajstić information content (AvgIpc) is 2.26. The first kappa shape index (κ1) is 14.3. The molecule has 17 heavy (non-hydrogen) atoms. The predicted octanol–water partition coefficient (Wildman–Crippen LogP) is 0.267. The number of morpholine rings is 1. The highest BCUT2D eigenvalue weighted by atomic mass is 16.5. The molecule has 1 aliphatic heterocycles. The largest absolute Gasteiger partial charge is 0.374 e. The Hall–Kier alpha value is -0.810. The molecule has 5 nitrogen and oxygen atoms in total. The minimum absolute atomic E-state index is 0.180. The molecule has 1 saturated heterocycles. The number of nitrogens with two attached hydrogens (primary N) is 1. The lowest BCUT2D eigenvalue weighted by Gasteiger charge is -2.33. The molecule has 1 unspecified atom stereocenters. The second kappa shape index (κ2) is 7.50. The molecule has 0 aliphatic carbocycles. The van der Waals surface area contributed by atoms with E-state index in [2.05, 4.69) is 29.1 Å². The lowest BCUT2D eigenvalue weighted by Crippen LogP contribution is -2.45. The van der Waals surface area contributed by atoms with Crippen LogP contribution in [0.3, 0.4) is 0 Å². The zero-order valence-corrected chi connectivity index (χ0v) is 11.3. The monoisotopic (exact) mass is 242 g/mol. The highest BCUT2D eigenvalue weighted by Crippen LogP contribution is 2.08. The average molecular weight is 242 g/mol. The number of nitrogens with zero attached hydrogens (tertiary/aromatic N) is 2. The van der Waals surface area contributed by atoms with Crippen molar-refractivity contribution in [2.45, 2.75) is 26.9 Å². The van der Waals surface area contributed by atoms with Crippen LogP contribution in [0, 0.1) is 5.92 Å². The van der Waals surface area contributed by atoms with Crippen LogP contribution in [0.2, 0.25) is 0 Å². The summed E-state index contributed by atoms with van der Waals surface area (Å²) in [4.78, 5) is 6.73. The van der Waals surface area contributed by atoms with Gasteiger partial charge >= 0.3 is 0 Å². The van der Waals surface area contributed by atoms with E-state index in [0.29, 0.717) is 18.4 Å². The third-order valence-electron chi connectivity index (χ3n) is 2.67. The van der Waals surface area contributed by atoms with Crippen molar-refractivity contribution in [2.75, 3.05) is 39.3 Å². The van der Waals surface area contributed by atoms with E-state index in [1.807, 2.05) is 6.92 Å². The lowest BCUT2D eigenvalue weighted by molar-refractivity contribution is -0.0261. The molecule has 1 fully saturated rings. The Morgan fingerprint density at radius 3 is 3.00 bits per heavy atom. The quantitative estimate of drug-likeness (QED) is 0.536. The van der Waals surface area contributed by atoms with E-state index < -0.39 is 0 Å². The Bertz CT molecular complexity index is 243. The molecule has 3 N–H and O–H groups in total. The van der Waals surface area contributed by atoms with Gasteiger partial charge in [-0.1, -0.05) is 13.8 Å². The van der Waals surface area contributed by atoms with Gasteiger partial charge in [-0.3, -0.25) is 9.89 Å². The van der Waals surface area contributed by atoms with Gasteiger partial charge in [0, 0.05) is 26.2 Å². The summed E-state index contributed by atoms with van der Waals surface area (Å²) in [6.45, 7) is 11.9. The maximum Gasteiger partial charge on any atom is 0.188 e. The fourth-order valence-corrected chi connectivity index (χ4v) is 2.01. The molecule has 0 radical (unpaired) electrons. The summed E-state index contributed by atoms with van der Waals surface area (Å²) in [7, 11) is 0. The molecular weight excluding hydrogens is 216 g/mol. The van der Waals surface area contributed by atoms with E-state index >= 15 is 0 Å². The van der Waals surface area contributed by atoms with Gasteiger partial charge in [-0.25, -0.2) is 0 Å². The first-order valence-electron chi connectivity index (χ1n) is 6.49. The van der Waals surface area contributed by atoms with E-state index in [1.54, 1.807) is 0 Å². The van der Waals surface area contributed by atoms with Gasteiger partial charge in [-0.05, 0) is 12.8 Å². The van der Waals surface area contributed by atoms with Crippen LogP contribution in [0.1, 0.15) is 20.8 Å². The molecular formula is C12H26N4O. The SMILES string of the molecule is CCNC(N)=NCC1CN(CC(C)C)CCO1. The summed E-state index contributed by atoms with van der Waals surface area (Å²) in [5.74, 6) is 1.21. The van der Waals surface area contributed by atoms with E-state index in [1.165, 1.54) is 0 Å². The summed E-state index contributed by atoms with van der Waals surface area (Å²) >= 11 is 0. The third kappa shape index (κ3) is 5.89. The molecule has 0 bridgehead atoms. The topological polar surface area (TPSA) is 62.9 Å². The lowest BCUT2D eigenvalue weighted by atomic mass is 10.2. The standard InChI is InChI=1S/C12H26N4O/c1-4-14-12(13)15-7-11-9-16(5-6-17-11)8-10(2)3/h10-11H,4-9H2,1-3H3,(H3,13,14,15). The van der Waals surface area contributed by atoms with Crippen LogP contribution in [0.4, 0.5) is 0 Å². The molecule has 1 heterocycles. The van der Waals surface area contributed by atoms with Crippen LogP contribution in [-0.2, 0) is 4.74 Å². The smallest absolute Gasteiger partial charge is 0.188 e. The van der Waals surface area contributed by atoms with Gasteiger partial charge in [-0.2, -0.15) is 0 Å². The van der Waals surface area contributed by atoms with Crippen molar-refractivity contribution in [3.63, 3.8) is 0 Å². The first-order valence-corrected chi connectivity index (χ1v) is 6.49. The van der Waals surface area contributed by atoms with Gasteiger partial charge in [-0.15, -0.1) is 0 Å². The van der Waals surface area contributed by atoms with E-state index in [0.717, 1.165) is 32.8 Å². The number of hydrogen-bond donors (Lipinski definition) is 2. The first-order chi connectivity index (χ1) is 8.11. The molecule has 1 atom stereocenters. The van der Waals surface area contributed by atoms with Gasteiger partial charge < -0.3 is 15.8 Å². The zero-order chi connectivity index (χ0) is 12.7. The Balaban J connectivity index is 2.31. The summed E-state index contributed by atoms with van der Waals surface area (Å²) in [5.41, 5.74) is 5.69. The molecule has 1 rings (SSSR count). The molecule has 5 heteroatoms. The number of aliphatic imine (C=N–C) groups is 1. The molecule has 100 valence electrons. The fourth-order valence-electron chi connectivity index (χ4n) is 2.01. The second-order valence-electron chi connectivity index (χ2n) is 4.90. The van der Waals surface area contributed by atoms with E-state index in [4.69, 9.17) is 10.5 Å². The van der Waals surface area contributed by atoms with Crippen molar-refractivity contribution >= 4 is 5.96 Å². The summed E-state index contributed by atoms with van der Waals surface area (Å²) in [5, 5.41) is 2.99. The van der Waals surface area contributed by atoms with Crippen molar-refractivity contribution in [3.8, 4) is 0 Å². The maximum atomic E-state index is 5.69. The van der Waals surface area contributed by atoms with Crippen molar-refractivity contribution in [2.24, 2.45) is 16.6 Å². The molecule has 0 aromatic heterocycles. The Labute approximate surface area is 104 Å². The minimum Gasteiger partial charge on any atom is -0.374 e. The molecule has 1 aliphatic rings. The highest BCUT2D eigenvalue weighted by molar-refractivity contribution is 5.77. The van der Waals surface area contributed by atoms with Crippen LogP contribution in [0.15, 0.2) is 4.99 Å². The Morgan fingerprint density at radius 2 is 2.35 bits per heavy atom. The third-order valence-corrected chi connectivity index (χ3v) is 2.67. The van der Waals surface area contributed by atoms with Gasteiger partial charge in [0.15, 0.2) is 5.96 Å². The molecule has 0 aromatic rings. The maximum absolute atomic E-state index is 5.69. The summed E-state index contributed by atoms with van der Waals surface area (Å²) in [6.07, 6.45) is 0.180. The van der Waals surface area contributed by atoms with Crippen molar-refractivity contribution in [1.82, 2.24) is 10.2 Å². The summed E-state index contributed by atoms with van der Waals surface area (Å²) < 4.78 is 5.69. The van der Waals surface area contributed by atoms with E-state index in [-0.39, 0.29) is 6.10 Å². The number of ether oxygens (including phenoxy) is 1. The number of hydrogen-bond acceptors (Lipinski definition) is 3. The molecule has 0 spiro atoms. The predicted molar refractivity (Wildman–Crippen MR) is 71.2 cm³/mol. The van der Waals surface area contributed by atoms with Crippen molar-refractivity contribution in [1.29, 1.82) is 0 Å². The zero-order valence-electron chi connectivity index (χ0n) is 11.3. The fraction of sp³-hybridized carbons (Fsp3) is 0.917. The second-order valence-corrected chi connectivity index (χ2v) is 4.90. The van der Waals surface area contributed by atoms with Crippen molar-refractivity contribution < 1.29 is 4.74 Å². The van der Waals surface area contributed by atoms with Crippen LogP contribution in [0.5, 0.6) is 0 Å². The highest BCUT2D eigenvalue weighted by Gasteiger charge is 2.20. The number of nitrogens with one attached hydrogen (secondary N) is 1. The van der Waals surface area contributed by atoms with Crippen LogP contribution in [-0.4, -0.2) is 56.3 Å². The minimum atomic E-state index is 0.180. The molecule has 0 aromatic carbocycles. The van der Waals surface area contributed by atoms with Gasteiger partial charge in [0.2, 0.25) is 0 Å². The molecule has 0 saturated carbocycles. The van der Waals surface area contributed by atoms with Gasteiger partial charge in [0.05, 0.1) is 19.3 Å². The van der Waals surface area contributed by atoms with Crippen LogP contribution < -0.4 is 11.1 Å². The van der Waals surface area contributed by atoms with E-state index in [9.17, 15) is 0 Å². The van der Waals surface area contributed by atoms with Gasteiger partial charge in [0.1, 0.15) is 0 Å². The summed E-state index contributed by atoms with van der Waals surface area (Å²) in [6, 6.07) is 0. The van der Waals surface area contributed by atoms with Crippen LogP contribution in [0.25, 0.3) is 0 Å². The Morgan fingerprint density at radius 1 is 1.59 bits per heavy atom. The molecule has 0 amide bonds. The van der Waals surface area contributed by atoms with Crippen LogP contribution >= 0.6 is 0 Å².